The predicted molar refractivity (Wildman–Crippen MR) is 111 cm³/mol. The highest BCUT2D eigenvalue weighted by molar-refractivity contribution is 9.10. The molecule has 0 atom stereocenters. The first-order valence-electron chi connectivity index (χ1n) is 10.2. The molecule has 7 nitrogen and oxygen atoms in total. The second-order valence-corrected chi connectivity index (χ2v) is 9.95. The molecule has 8 heteroatoms. The standard InChI is InChI=1S/C21H23BrN4O3/c22-15-1-2-17-16(6-15)19(28)26(11-23-17)10-18(27)24-20(29)25-21-7-12-3-13(8-21)5-14(4-12)9-21/h1-2,6,11-14H,3-5,7-10H2,(H2,24,25,27,29). The van der Waals surface area contributed by atoms with Gasteiger partial charge in [-0.2, -0.15) is 0 Å². The largest absolute Gasteiger partial charge is 0.332 e. The molecule has 4 bridgehead atoms. The SMILES string of the molecule is O=C(Cn1cnc2ccc(Br)cc2c1=O)NC(=O)NC12CC3CC(CC(C3)C1)C2. The number of benzene rings is 1. The number of imide groups is 1. The van der Waals surface area contributed by atoms with Gasteiger partial charge in [0.25, 0.3) is 5.56 Å². The van der Waals surface area contributed by atoms with Crippen molar-refractivity contribution in [3.8, 4) is 0 Å². The quantitative estimate of drug-likeness (QED) is 0.738. The summed E-state index contributed by atoms with van der Waals surface area (Å²) in [5.41, 5.74) is 0.0922. The highest BCUT2D eigenvalue weighted by Crippen LogP contribution is 2.55. The van der Waals surface area contributed by atoms with Gasteiger partial charge >= 0.3 is 6.03 Å². The van der Waals surface area contributed by atoms with Crippen LogP contribution in [0.1, 0.15) is 38.5 Å². The van der Waals surface area contributed by atoms with E-state index in [9.17, 15) is 14.4 Å². The van der Waals surface area contributed by atoms with Gasteiger partial charge < -0.3 is 5.32 Å². The third-order valence-corrected chi connectivity index (χ3v) is 7.26. The number of hydrogen-bond acceptors (Lipinski definition) is 4. The van der Waals surface area contributed by atoms with Crippen molar-refractivity contribution in [2.45, 2.75) is 50.6 Å². The van der Waals surface area contributed by atoms with Crippen LogP contribution in [0.4, 0.5) is 4.79 Å². The van der Waals surface area contributed by atoms with E-state index >= 15 is 0 Å². The van der Waals surface area contributed by atoms with Crippen LogP contribution in [0.2, 0.25) is 0 Å². The lowest BCUT2D eigenvalue weighted by Crippen LogP contribution is -2.62. The van der Waals surface area contributed by atoms with Crippen molar-refractivity contribution in [3.63, 3.8) is 0 Å². The number of carbonyl (C=O) groups excluding carboxylic acids is 2. The van der Waals surface area contributed by atoms with Gasteiger partial charge in [-0.05, 0) is 74.5 Å². The summed E-state index contributed by atoms with van der Waals surface area (Å²) in [5, 5.41) is 5.94. The molecule has 2 N–H and O–H groups in total. The summed E-state index contributed by atoms with van der Waals surface area (Å²) in [4.78, 5) is 41.8. The van der Waals surface area contributed by atoms with E-state index in [1.54, 1.807) is 18.2 Å². The van der Waals surface area contributed by atoms with Crippen LogP contribution in [0.15, 0.2) is 33.8 Å². The van der Waals surface area contributed by atoms with Gasteiger partial charge in [-0.25, -0.2) is 9.78 Å². The highest BCUT2D eigenvalue weighted by Gasteiger charge is 2.51. The molecule has 6 rings (SSSR count). The lowest BCUT2D eigenvalue weighted by molar-refractivity contribution is -0.120. The predicted octanol–water partition coefficient (Wildman–Crippen LogP) is 2.95. The fourth-order valence-electron chi connectivity index (χ4n) is 6.10. The second-order valence-electron chi connectivity index (χ2n) is 9.04. The van der Waals surface area contributed by atoms with Crippen molar-refractivity contribution in [1.29, 1.82) is 0 Å². The number of rotatable bonds is 3. The zero-order valence-corrected chi connectivity index (χ0v) is 17.6. The molecule has 2 aromatic rings. The Morgan fingerprint density at radius 1 is 1.14 bits per heavy atom. The Morgan fingerprint density at radius 2 is 1.79 bits per heavy atom. The van der Waals surface area contributed by atoms with Crippen LogP contribution in [0, 0.1) is 17.8 Å². The lowest BCUT2D eigenvalue weighted by atomic mass is 9.53. The fraction of sp³-hybridized carbons (Fsp3) is 0.524. The molecule has 1 aromatic carbocycles. The van der Waals surface area contributed by atoms with Crippen LogP contribution in [-0.4, -0.2) is 27.0 Å². The first kappa shape index (κ1) is 18.8. The summed E-state index contributed by atoms with van der Waals surface area (Å²) >= 11 is 3.34. The number of halogens is 1. The minimum absolute atomic E-state index is 0.160. The maximum absolute atomic E-state index is 12.6. The van der Waals surface area contributed by atoms with E-state index in [2.05, 4.69) is 31.5 Å². The fourth-order valence-corrected chi connectivity index (χ4v) is 6.46. The number of amides is 3. The van der Waals surface area contributed by atoms with E-state index in [1.165, 1.54) is 30.2 Å². The molecule has 3 amide bonds. The Bertz CT molecular complexity index is 1030. The number of nitrogens with zero attached hydrogens (tertiary/aromatic N) is 2. The number of urea groups is 1. The summed E-state index contributed by atoms with van der Waals surface area (Å²) in [7, 11) is 0. The molecule has 1 aromatic heterocycles. The molecule has 0 radical (unpaired) electrons. The van der Waals surface area contributed by atoms with Gasteiger partial charge in [-0.15, -0.1) is 0 Å². The van der Waals surface area contributed by atoms with Gasteiger partial charge in [0.2, 0.25) is 5.91 Å². The van der Waals surface area contributed by atoms with Gasteiger partial charge in [0, 0.05) is 10.0 Å². The van der Waals surface area contributed by atoms with Crippen LogP contribution < -0.4 is 16.2 Å². The van der Waals surface area contributed by atoms with E-state index in [4.69, 9.17) is 0 Å². The van der Waals surface area contributed by atoms with E-state index in [0.29, 0.717) is 28.7 Å². The number of fused-ring (bicyclic) bond motifs is 1. The smallest absolute Gasteiger partial charge is 0.321 e. The molecule has 29 heavy (non-hydrogen) atoms. The highest BCUT2D eigenvalue weighted by atomic mass is 79.9. The number of carbonyl (C=O) groups is 2. The first-order chi connectivity index (χ1) is 13.9. The minimum atomic E-state index is -0.523. The molecule has 4 aliphatic carbocycles. The zero-order valence-electron chi connectivity index (χ0n) is 16.0. The Balaban J connectivity index is 1.25. The van der Waals surface area contributed by atoms with Crippen molar-refractivity contribution in [2.75, 3.05) is 0 Å². The van der Waals surface area contributed by atoms with E-state index < -0.39 is 11.9 Å². The van der Waals surface area contributed by atoms with Crippen molar-refractivity contribution >= 4 is 38.8 Å². The van der Waals surface area contributed by atoms with Crippen LogP contribution in [-0.2, 0) is 11.3 Å². The number of hydrogen-bond donors (Lipinski definition) is 2. The van der Waals surface area contributed by atoms with Gasteiger partial charge in [-0.3, -0.25) is 19.5 Å². The van der Waals surface area contributed by atoms with Gasteiger partial charge in [0.05, 0.1) is 17.2 Å². The molecule has 0 spiro atoms. The minimum Gasteiger partial charge on any atom is -0.332 e. The van der Waals surface area contributed by atoms with Crippen LogP contribution in [0.5, 0.6) is 0 Å². The molecule has 4 fully saturated rings. The van der Waals surface area contributed by atoms with Crippen LogP contribution in [0.3, 0.4) is 0 Å². The molecular weight excluding hydrogens is 436 g/mol. The number of aromatic nitrogens is 2. The molecule has 4 aliphatic rings. The van der Waals surface area contributed by atoms with Crippen molar-refractivity contribution in [3.05, 3.63) is 39.4 Å². The van der Waals surface area contributed by atoms with Gasteiger partial charge in [0.15, 0.2) is 0 Å². The summed E-state index contributed by atoms with van der Waals surface area (Å²) in [5.74, 6) is 1.60. The number of nitrogens with one attached hydrogen (secondary N) is 2. The average Bonchev–Trinajstić information content (AvgIpc) is 2.62. The maximum atomic E-state index is 12.6. The average molecular weight is 459 g/mol. The second kappa shape index (κ2) is 6.93. The molecule has 4 saturated carbocycles. The zero-order chi connectivity index (χ0) is 20.2. The first-order valence-corrected chi connectivity index (χ1v) is 11.0. The van der Waals surface area contributed by atoms with Crippen molar-refractivity contribution in [2.24, 2.45) is 17.8 Å². The molecule has 152 valence electrons. The van der Waals surface area contributed by atoms with E-state index in [-0.39, 0.29) is 17.6 Å². The third-order valence-electron chi connectivity index (χ3n) is 6.77. The Hall–Kier alpha value is -2.22. The Morgan fingerprint density at radius 3 is 2.45 bits per heavy atom. The summed E-state index contributed by atoms with van der Waals surface area (Å²) in [6, 6.07) is 4.77. The van der Waals surface area contributed by atoms with Gasteiger partial charge in [-0.1, -0.05) is 15.9 Å². The Labute approximate surface area is 176 Å². The molecule has 0 aliphatic heterocycles. The summed E-state index contributed by atoms with van der Waals surface area (Å²) in [6.45, 7) is -0.247. The van der Waals surface area contributed by atoms with E-state index in [1.807, 2.05) is 0 Å². The monoisotopic (exact) mass is 458 g/mol. The maximum Gasteiger partial charge on any atom is 0.321 e. The molecule has 1 heterocycles. The van der Waals surface area contributed by atoms with Crippen LogP contribution >= 0.6 is 15.9 Å². The molecular formula is C21H23BrN4O3. The van der Waals surface area contributed by atoms with Crippen molar-refractivity contribution < 1.29 is 9.59 Å². The van der Waals surface area contributed by atoms with Crippen molar-refractivity contribution in [1.82, 2.24) is 20.2 Å². The Kier molecular flexibility index (Phi) is 4.49. The summed E-state index contributed by atoms with van der Waals surface area (Å²) < 4.78 is 1.99. The lowest BCUT2D eigenvalue weighted by Gasteiger charge is -2.56. The van der Waals surface area contributed by atoms with Crippen LogP contribution in [0.25, 0.3) is 10.9 Å². The molecule has 0 saturated heterocycles. The normalized spacial score (nSPS) is 29.8. The van der Waals surface area contributed by atoms with E-state index in [0.717, 1.165) is 23.7 Å². The third kappa shape index (κ3) is 3.58. The van der Waals surface area contributed by atoms with Gasteiger partial charge in [0.1, 0.15) is 6.54 Å². The summed E-state index contributed by atoms with van der Waals surface area (Å²) in [6.07, 6.45) is 8.26. The topological polar surface area (TPSA) is 93.1 Å². The molecule has 0 unspecified atom stereocenters.